The van der Waals surface area contributed by atoms with Crippen LogP contribution >= 0.6 is 0 Å². The monoisotopic (exact) mass is 150 g/mol. The Hall–Kier alpha value is -0.520. The van der Waals surface area contributed by atoms with Crippen LogP contribution in [0.4, 0.5) is 0 Å². The van der Waals surface area contributed by atoms with E-state index < -0.39 is 0 Å². The van der Waals surface area contributed by atoms with Crippen molar-refractivity contribution >= 4 is 0 Å². The van der Waals surface area contributed by atoms with E-state index in [-0.39, 0.29) is 0 Å². The minimum Gasteiger partial charge on any atom is -0.315 e. The Kier molecular flexibility index (Phi) is 1.85. The third kappa shape index (κ3) is 1.15. The lowest BCUT2D eigenvalue weighted by Crippen LogP contribution is -2.34. The summed E-state index contributed by atoms with van der Waals surface area (Å²) in [5.74, 6) is 3.60. The fraction of sp³-hybridized carbons (Fsp3) is 0.778. The first-order valence-electron chi connectivity index (χ1n) is 4.30. The first kappa shape index (κ1) is 7.15. The molecule has 2 heterocycles. The molecule has 60 valence electrons. The Labute approximate surface area is 68.0 Å². The minimum absolute atomic E-state index is 0.742. The number of hydrogen-bond donors (Lipinski definition) is 1. The van der Waals surface area contributed by atoms with E-state index in [0.29, 0.717) is 0 Å². The fourth-order valence-corrected chi connectivity index (χ4v) is 2.25. The molecule has 2 aliphatic heterocycles. The zero-order valence-electron chi connectivity index (χ0n) is 6.71. The smallest absolute Gasteiger partial charge is 0.0601 e. The quantitative estimate of drug-likeness (QED) is 0.526. The SMILES string of the molecule is C#CCN1CC[C@@H]2CNC[C@@H]21. The molecule has 1 N–H and O–H groups in total. The highest BCUT2D eigenvalue weighted by Crippen LogP contribution is 2.26. The van der Waals surface area contributed by atoms with Crippen LogP contribution in [0.15, 0.2) is 0 Å². The molecule has 0 radical (unpaired) electrons. The van der Waals surface area contributed by atoms with Crippen molar-refractivity contribution in [1.29, 1.82) is 0 Å². The lowest BCUT2D eigenvalue weighted by molar-refractivity contribution is 0.283. The second-order valence-corrected chi connectivity index (χ2v) is 3.45. The number of terminal acetylenes is 1. The maximum absolute atomic E-state index is 5.28. The van der Waals surface area contributed by atoms with Gasteiger partial charge in [0.1, 0.15) is 0 Å². The molecule has 2 rings (SSSR count). The fourth-order valence-electron chi connectivity index (χ4n) is 2.25. The Balaban J connectivity index is 1.98. The molecular formula is C9H14N2. The van der Waals surface area contributed by atoms with Gasteiger partial charge >= 0.3 is 0 Å². The van der Waals surface area contributed by atoms with Gasteiger partial charge in [0.05, 0.1) is 6.54 Å². The van der Waals surface area contributed by atoms with Crippen LogP contribution in [0.25, 0.3) is 0 Å². The van der Waals surface area contributed by atoms with Crippen LogP contribution in [0, 0.1) is 18.3 Å². The molecule has 11 heavy (non-hydrogen) atoms. The summed E-state index contributed by atoms with van der Waals surface area (Å²) in [4.78, 5) is 2.42. The van der Waals surface area contributed by atoms with Gasteiger partial charge in [0.15, 0.2) is 0 Å². The molecule has 2 fully saturated rings. The summed E-state index contributed by atoms with van der Waals surface area (Å²) in [6.07, 6.45) is 6.61. The van der Waals surface area contributed by atoms with E-state index in [1.54, 1.807) is 0 Å². The maximum Gasteiger partial charge on any atom is 0.0601 e. The van der Waals surface area contributed by atoms with Crippen LogP contribution in [0.5, 0.6) is 0 Å². The molecule has 0 aliphatic carbocycles. The van der Waals surface area contributed by atoms with Gasteiger partial charge in [-0.2, -0.15) is 0 Å². The normalized spacial score (nSPS) is 37.0. The molecule has 0 aromatic carbocycles. The summed E-state index contributed by atoms with van der Waals surface area (Å²) in [5.41, 5.74) is 0. The van der Waals surface area contributed by atoms with E-state index in [9.17, 15) is 0 Å². The molecule has 0 spiro atoms. The molecule has 2 atom stereocenters. The van der Waals surface area contributed by atoms with Crippen LogP contribution in [0.3, 0.4) is 0 Å². The summed E-state index contributed by atoms with van der Waals surface area (Å²) in [7, 11) is 0. The van der Waals surface area contributed by atoms with Gasteiger partial charge in [0.2, 0.25) is 0 Å². The van der Waals surface area contributed by atoms with Gasteiger partial charge < -0.3 is 5.32 Å². The molecule has 0 saturated carbocycles. The van der Waals surface area contributed by atoms with Crippen molar-refractivity contribution in [2.45, 2.75) is 12.5 Å². The highest BCUT2D eigenvalue weighted by Gasteiger charge is 2.36. The molecule has 2 nitrogen and oxygen atoms in total. The predicted molar refractivity (Wildman–Crippen MR) is 45.2 cm³/mol. The van der Waals surface area contributed by atoms with Gasteiger partial charge in [0.25, 0.3) is 0 Å². The minimum atomic E-state index is 0.742. The third-order valence-corrected chi connectivity index (χ3v) is 2.85. The topological polar surface area (TPSA) is 15.3 Å². The predicted octanol–water partition coefficient (Wildman–Crippen LogP) is -0.0867. The molecule has 0 bridgehead atoms. The van der Waals surface area contributed by atoms with Crippen molar-refractivity contribution in [1.82, 2.24) is 10.2 Å². The molecule has 2 aliphatic rings. The van der Waals surface area contributed by atoms with Gasteiger partial charge in [-0.3, -0.25) is 4.90 Å². The summed E-state index contributed by atoms with van der Waals surface area (Å²) in [6.45, 7) is 4.39. The second kappa shape index (κ2) is 2.84. The molecule has 0 aromatic heterocycles. The van der Waals surface area contributed by atoms with Crippen molar-refractivity contribution in [2.75, 3.05) is 26.2 Å². The standard InChI is InChI=1S/C9H14N2/c1-2-4-11-5-3-8-6-10-7-9(8)11/h1,8-10H,3-7H2/t8-,9+/m1/s1. The summed E-state index contributed by atoms with van der Waals surface area (Å²) < 4.78 is 0. The lowest BCUT2D eigenvalue weighted by Gasteiger charge is -2.19. The van der Waals surface area contributed by atoms with Crippen molar-refractivity contribution < 1.29 is 0 Å². The van der Waals surface area contributed by atoms with E-state index in [1.807, 2.05) is 0 Å². The molecular weight excluding hydrogens is 136 g/mol. The highest BCUT2D eigenvalue weighted by atomic mass is 15.2. The molecule has 0 unspecified atom stereocenters. The van der Waals surface area contributed by atoms with E-state index in [2.05, 4.69) is 16.1 Å². The third-order valence-electron chi connectivity index (χ3n) is 2.85. The van der Waals surface area contributed by atoms with Crippen molar-refractivity contribution in [3.8, 4) is 12.3 Å². The van der Waals surface area contributed by atoms with Crippen molar-refractivity contribution in [3.05, 3.63) is 0 Å². The largest absolute Gasteiger partial charge is 0.315 e. The Bertz CT molecular complexity index is 182. The number of nitrogens with one attached hydrogen (secondary N) is 1. The molecule has 0 amide bonds. The molecule has 0 aromatic rings. The average molecular weight is 150 g/mol. The first-order chi connectivity index (χ1) is 5.42. The second-order valence-electron chi connectivity index (χ2n) is 3.45. The van der Waals surface area contributed by atoms with Crippen LogP contribution in [0.1, 0.15) is 6.42 Å². The summed E-state index contributed by atoms with van der Waals surface area (Å²) in [6, 6.07) is 0.742. The van der Waals surface area contributed by atoms with Gasteiger partial charge in [-0.25, -0.2) is 0 Å². The molecule has 2 heteroatoms. The number of likely N-dealkylation sites (tertiary alicyclic amines) is 1. The van der Waals surface area contributed by atoms with Crippen LogP contribution in [0.2, 0.25) is 0 Å². The zero-order chi connectivity index (χ0) is 7.68. The van der Waals surface area contributed by atoms with Gasteiger partial charge in [-0.05, 0) is 25.4 Å². The summed E-state index contributed by atoms with van der Waals surface area (Å²) in [5, 5.41) is 3.40. The van der Waals surface area contributed by atoms with Crippen LogP contribution in [-0.2, 0) is 0 Å². The van der Waals surface area contributed by atoms with Crippen molar-refractivity contribution in [3.63, 3.8) is 0 Å². The van der Waals surface area contributed by atoms with E-state index in [4.69, 9.17) is 6.42 Å². The first-order valence-corrected chi connectivity index (χ1v) is 4.30. The van der Waals surface area contributed by atoms with Gasteiger partial charge in [-0.15, -0.1) is 6.42 Å². The Morgan fingerprint density at radius 3 is 3.27 bits per heavy atom. The summed E-state index contributed by atoms with van der Waals surface area (Å²) >= 11 is 0. The number of rotatable bonds is 1. The molecule has 2 saturated heterocycles. The van der Waals surface area contributed by atoms with Crippen LogP contribution < -0.4 is 5.32 Å². The average Bonchev–Trinajstić information content (AvgIpc) is 2.53. The van der Waals surface area contributed by atoms with Crippen molar-refractivity contribution in [2.24, 2.45) is 5.92 Å². The lowest BCUT2D eigenvalue weighted by atomic mass is 10.1. The number of hydrogen-bond acceptors (Lipinski definition) is 2. The van der Waals surface area contributed by atoms with Crippen LogP contribution in [-0.4, -0.2) is 37.1 Å². The van der Waals surface area contributed by atoms with E-state index >= 15 is 0 Å². The van der Waals surface area contributed by atoms with E-state index in [0.717, 1.165) is 25.0 Å². The van der Waals surface area contributed by atoms with Gasteiger partial charge in [0, 0.05) is 12.6 Å². The number of nitrogens with zero attached hydrogens (tertiary/aromatic N) is 1. The maximum atomic E-state index is 5.28. The Morgan fingerprint density at radius 1 is 1.55 bits per heavy atom. The Morgan fingerprint density at radius 2 is 2.45 bits per heavy atom. The highest BCUT2D eigenvalue weighted by molar-refractivity contribution is 4.99. The number of fused-ring (bicyclic) bond motifs is 1. The van der Waals surface area contributed by atoms with E-state index in [1.165, 1.54) is 19.5 Å². The zero-order valence-corrected chi connectivity index (χ0v) is 6.71. The van der Waals surface area contributed by atoms with Gasteiger partial charge in [-0.1, -0.05) is 5.92 Å².